The largest absolute Gasteiger partial charge is 0.393 e. The third-order valence-corrected chi connectivity index (χ3v) is 4.58. The molecule has 1 amide bonds. The van der Waals surface area contributed by atoms with Crippen LogP contribution >= 0.6 is 0 Å². The van der Waals surface area contributed by atoms with E-state index in [4.69, 9.17) is 0 Å². The molecule has 0 aromatic carbocycles. The molecule has 4 nitrogen and oxygen atoms in total. The predicted octanol–water partition coefficient (Wildman–Crippen LogP) is 1.37. The molecule has 0 aliphatic carbocycles. The molecular weight excluding hydrogens is 283 g/mol. The molecular formula is C14H24F3N3O. The van der Waals surface area contributed by atoms with Crippen LogP contribution in [-0.2, 0) is 4.79 Å². The third-order valence-electron chi connectivity index (χ3n) is 4.58. The molecule has 2 heterocycles. The number of amides is 1. The lowest BCUT2D eigenvalue weighted by molar-refractivity contribution is -0.180. The van der Waals surface area contributed by atoms with Crippen molar-refractivity contribution >= 4 is 5.91 Å². The molecule has 2 N–H and O–H groups in total. The van der Waals surface area contributed by atoms with Crippen molar-refractivity contribution in [3.05, 3.63) is 0 Å². The van der Waals surface area contributed by atoms with Crippen LogP contribution in [0.5, 0.6) is 0 Å². The molecule has 0 radical (unpaired) electrons. The number of rotatable bonds is 4. The molecule has 0 aromatic heterocycles. The number of nitrogens with zero attached hydrogens (tertiary/aromatic N) is 1. The van der Waals surface area contributed by atoms with E-state index in [0.29, 0.717) is 12.5 Å². The molecule has 2 rings (SSSR count). The third kappa shape index (κ3) is 4.57. The minimum Gasteiger partial charge on any atom is -0.354 e. The van der Waals surface area contributed by atoms with Crippen LogP contribution in [0, 0.1) is 11.8 Å². The van der Waals surface area contributed by atoms with E-state index in [1.54, 1.807) is 0 Å². The molecule has 7 heteroatoms. The number of carbonyl (C=O) groups excluding carboxylic acids is 1. The number of likely N-dealkylation sites (tertiary alicyclic amines) is 1. The normalized spacial score (nSPS) is 31.3. The van der Waals surface area contributed by atoms with Gasteiger partial charge in [0.15, 0.2) is 0 Å². The summed E-state index contributed by atoms with van der Waals surface area (Å²) < 4.78 is 37.6. The molecule has 21 heavy (non-hydrogen) atoms. The van der Waals surface area contributed by atoms with Gasteiger partial charge in [0.05, 0.1) is 12.0 Å². The van der Waals surface area contributed by atoms with E-state index in [1.807, 2.05) is 0 Å². The number of halogens is 3. The highest BCUT2D eigenvalue weighted by atomic mass is 19.4. The predicted molar refractivity (Wildman–Crippen MR) is 73.8 cm³/mol. The van der Waals surface area contributed by atoms with Gasteiger partial charge in [-0.2, -0.15) is 13.2 Å². The van der Waals surface area contributed by atoms with E-state index in [2.05, 4.69) is 22.5 Å². The number of hydrogen-bond acceptors (Lipinski definition) is 3. The summed E-state index contributed by atoms with van der Waals surface area (Å²) in [6.45, 7) is 5.65. The minimum absolute atomic E-state index is 0.0294. The topological polar surface area (TPSA) is 44.4 Å². The average Bonchev–Trinajstić information content (AvgIpc) is 2.92. The maximum absolute atomic E-state index is 12.5. The quantitative estimate of drug-likeness (QED) is 0.825. The zero-order valence-electron chi connectivity index (χ0n) is 12.4. The Balaban J connectivity index is 1.68. The van der Waals surface area contributed by atoms with Crippen molar-refractivity contribution in [3.63, 3.8) is 0 Å². The zero-order chi connectivity index (χ0) is 15.5. The second kappa shape index (κ2) is 6.96. The number of piperidine rings is 1. The van der Waals surface area contributed by atoms with Gasteiger partial charge >= 0.3 is 6.18 Å². The molecule has 2 aliphatic rings. The van der Waals surface area contributed by atoms with Crippen LogP contribution in [0.2, 0.25) is 0 Å². The summed E-state index contributed by atoms with van der Waals surface area (Å²) in [5.74, 6) is -1.03. The molecule has 0 bridgehead atoms. The van der Waals surface area contributed by atoms with Gasteiger partial charge < -0.3 is 15.5 Å². The lowest BCUT2D eigenvalue weighted by atomic mass is 9.94. The Morgan fingerprint density at radius 2 is 2.10 bits per heavy atom. The summed E-state index contributed by atoms with van der Waals surface area (Å²) in [5, 5.41) is 5.61. The van der Waals surface area contributed by atoms with E-state index in [0.717, 1.165) is 26.1 Å². The van der Waals surface area contributed by atoms with Crippen molar-refractivity contribution in [3.8, 4) is 0 Å². The van der Waals surface area contributed by atoms with Crippen molar-refractivity contribution in [1.29, 1.82) is 0 Å². The first-order valence-electron chi connectivity index (χ1n) is 7.70. The highest BCUT2D eigenvalue weighted by Gasteiger charge is 2.42. The van der Waals surface area contributed by atoms with Crippen molar-refractivity contribution in [2.45, 2.75) is 38.4 Å². The fourth-order valence-corrected chi connectivity index (χ4v) is 3.09. The van der Waals surface area contributed by atoms with Gasteiger partial charge in [0.25, 0.3) is 0 Å². The first-order valence-corrected chi connectivity index (χ1v) is 7.70. The monoisotopic (exact) mass is 307 g/mol. The van der Waals surface area contributed by atoms with Gasteiger partial charge in [-0.1, -0.05) is 6.92 Å². The van der Waals surface area contributed by atoms with Crippen LogP contribution in [0.15, 0.2) is 0 Å². The van der Waals surface area contributed by atoms with Crippen LogP contribution in [0.4, 0.5) is 13.2 Å². The Kier molecular flexibility index (Phi) is 5.48. The summed E-state index contributed by atoms with van der Waals surface area (Å²) >= 11 is 0. The average molecular weight is 307 g/mol. The van der Waals surface area contributed by atoms with Crippen molar-refractivity contribution in [2.75, 3.05) is 32.7 Å². The maximum atomic E-state index is 12.5. The van der Waals surface area contributed by atoms with Crippen LogP contribution in [0.3, 0.4) is 0 Å². The highest BCUT2D eigenvalue weighted by Crippen LogP contribution is 2.31. The summed E-state index contributed by atoms with van der Waals surface area (Å²) in [6, 6.07) is -0.479. The molecule has 2 saturated heterocycles. The van der Waals surface area contributed by atoms with Gasteiger partial charge in [-0.3, -0.25) is 4.79 Å². The molecule has 122 valence electrons. The van der Waals surface area contributed by atoms with Crippen molar-refractivity contribution < 1.29 is 18.0 Å². The Labute approximate surface area is 123 Å². The van der Waals surface area contributed by atoms with E-state index in [-0.39, 0.29) is 25.3 Å². The molecule has 2 aliphatic heterocycles. The minimum atomic E-state index is -4.16. The van der Waals surface area contributed by atoms with Gasteiger partial charge in [-0.15, -0.1) is 0 Å². The van der Waals surface area contributed by atoms with Crippen molar-refractivity contribution in [2.24, 2.45) is 11.8 Å². The van der Waals surface area contributed by atoms with Crippen LogP contribution in [0.25, 0.3) is 0 Å². The van der Waals surface area contributed by atoms with Gasteiger partial charge in [0.2, 0.25) is 5.91 Å². The zero-order valence-corrected chi connectivity index (χ0v) is 12.4. The smallest absolute Gasteiger partial charge is 0.354 e. The number of nitrogens with one attached hydrogen (secondary N) is 2. The highest BCUT2D eigenvalue weighted by molar-refractivity contribution is 5.81. The summed E-state index contributed by atoms with van der Waals surface area (Å²) in [5.41, 5.74) is 0. The molecule has 0 spiro atoms. The van der Waals surface area contributed by atoms with E-state index >= 15 is 0 Å². The molecule has 3 unspecified atom stereocenters. The van der Waals surface area contributed by atoms with E-state index in [1.165, 1.54) is 0 Å². The van der Waals surface area contributed by atoms with Gasteiger partial charge in [0, 0.05) is 19.6 Å². The number of alkyl halides is 3. The van der Waals surface area contributed by atoms with Crippen molar-refractivity contribution in [1.82, 2.24) is 15.5 Å². The molecule has 0 aromatic rings. The fraction of sp³-hybridized carbons (Fsp3) is 0.929. The lowest BCUT2D eigenvalue weighted by Gasteiger charge is -2.30. The second-order valence-corrected chi connectivity index (χ2v) is 6.07. The summed E-state index contributed by atoms with van der Waals surface area (Å²) in [4.78, 5) is 14.3. The maximum Gasteiger partial charge on any atom is 0.393 e. The SMILES string of the molecule is CCN1CCC(CNC(=O)C2CCC(C(F)(F)F)CN2)C1. The molecule has 3 atom stereocenters. The Hall–Kier alpha value is -0.820. The second-order valence-electron chi connectivity index (χ2n) is 6.07. The first kappa shape index (κ1) is 16.5. The Morgan fingerprint density at radius 1 is 1.33 bits per heavy atom. The van der Waals surface area contributed by atoms with Gasteiger partial charge in [-0.05, 0) is 38.3 Å². The van der Waals surface area contributed by atoms with Crippen LogP contribution in [0.1, 0.15) is 26.2 Å². The molecule has 0 saturated carbocycles. The van der Waals surface area contributed by atoms with Gasteiger partial charge in [-0.25, -0.2) is 0 Å². The lowest BCUT2D eigenvalue weighted by Crippen LogP contribution is -2.52. The standard InChI is InChI=1S/C14H24F3N3O/c1-2-20-6-5-10(9-20)7-19-13(21)12-4-3-11(8-18-12)14(15,16)17/h10-12,18H,2-9H2,1H3,(H,19,21). The van der Waals surface area contributed by atoms with E-state index in [9.17, 15) is 18.0 Å². The molecule has 2 fully saturated rings. The Bertz CT molecular complexity index is 354. The van der Waals surface area contributed by atoms with Crippen LogP contribution < -0.4 is 10.6 Å². The Morgan fingerprint density at radius 3 is 2.62 bits per heavy atom. The van der Waals surface area contributed by atoms with E-state index < -0.39 is 18.1 Å². The number of hydrogen-bond donors (Lipinski definition) is 2. The van der Waals surface area contributed by atoms with Crippen LogP contribution in [-0.4, -0.2) is 55.7 Å². The first-order chi connectivity index (χ1) is 9.90. The fourth-order valence-electron chi connectivity index (χ4n) is 3.09. The van der Waals surface area contributed by atoms with Gasteiger partial charge in [0.1, 0.15) is 0 Å². The number of carbonyl (C=O) groups is 1. The summed E-state index contributed by atoms with van der Waals surface area (Å²) in [7, 11) is 0. The summed E-state index contributed by atoms with van der Waals surface area (Å²) in [6.07, 6.45) is -2.81.